The summed E-state index contributed by atoms with van der Waals surface area (Å²) in [7, 11) is 0. The van der Waals surface area contributed by atoms with E-state index in [1.165, 1.54) is 12.1 Å². The summed E-state index contributed by atoms with van der Waals surface area (Å²) in [4.78, 5) is 0. The molecule has 2 saturated heterocycles. The van der Waals surface area contributed by atoms with E-state index >= 15 is 0 Å². The van der Waals surface area contributed by atoms with E-state index in [2.05, 4.69) is 5.32 Å². The maximum absolute atomic E-state index is 12.9. The summed E-state index contributed by atoms with van der Waals surface area (Å²) in [6.07, 6.45) is 1.67. The van der Waals surface area contributed by atoms with Crippen LogP contribution in [0.4, 0.5) is 4.39 Å². The van der Waals surface area contributed by atoms with Crippen molar-refractivity contribution in [1.29, 1.82) is 0 Å². The van der Waals surface area contributed by atoms with Crippen molar-refractivity contribution in [1.82, 2.24) is 5.32 Å². The first kappa shape index (κ1) is 11.1. The largest absolute Gasteiger partial charge is 0.347 e. The minimum atomic E-state index is -0.412. The summed E-state index contributed by atoms with van der Waals surface area (Å²) in [5, 5.41) is 3.42. The lowest BCUT2D eigenvalue weighted by atomic mass is 9.93. The van der Waals surface area contributed by atoms with Crippen LogP contribution in [0.2, 0.25) is 0 Å². The van der Waals surface area contributed by atoms with Gasteiger partial charge in [0, 0.05) is 25.4 Å². The summed E-state index contributed by atoms with van der Waals surface area (Å²) < 4.78 is 24.3. The van der Waals surface area contributed by atoms with Crippen LogP contribution in [0, 0.1) is 5.82 Å². The molecule has 1 aromatic rings. The van der Waals surface area contributed by atoms with Gasteiger partial charge in [-0.15, -0.1) is 0 Å². The maximum atomic E-state index is 12.9. The molecule has 2 fully saturated rings. The average Bonchev–Trinajstić information content (AvgIpc) is 2.78. The van der Waals surface area contributed by atoms with Gasteiger partial charge in [0.25, 0.3) is 0 Å². The zero-order chi connectivity index (χ0) is 11.7. The van der Waals surface area contributed by atoms with Crippen LogP contribution in [-0.4, -0.2) is 25.5 Å². The van der Waals surface area contributed by atoms with Crippen LogP contribution in [-0.2, 0) is 9.47 Å². The second-order valence-electron chi connectivity index (χ2n) is 4.62. The van der Waals surface area contributed by atoms with Crippen molar-refractivity contribution in [2.45, 2.75) is 24.7 Å². The van der Waals surface area contributed by atoms with Crippen molar-refractivity contribution < 1.29 is 13.9 Å². The van der Waals surface area contributed by atoms with E-state index in [-0.39, 0.29) is 11.9 Å². The summed E-state index contributed by atoms with van der Waals surface area (Å²) in [6.45, 7) is 2.22. The number of halogens is 1. The van der Waals surface area contributed by atoms with E-state index in [0.717, 1.165) is 24.9 Å². The summed E-state index contributed by atoms with van der Waals surface area (Å²) in [5.41, 5.74) is 1.09. The first-order chi connectivity index (χ1) is 8.27. The molecule has 1 N–H and O–H groups in total. The Kier molecular flexibility index (Phi) is 2.86. The lowest BCUT2D eigenvalue weighted by Crippen LogP contribution is -2.44. The van der Waals surface area contributed by atoms with Crippen LogP contribution in [0.5, 0.6) is 0 Å². The molecule has 17 heavy (non-hydrogen) atoms. The van der Waals surface area contributed by atoms with Gasteiger partial charge in [0.15, 0.2) is 5.79 Å². The molecule has 0 bridgehead atoms. The highest BCUT2D eigenvalue weighted by Gasteiger charge is 2.41. The molecule has 0 saturated carbocycles. The lowest BCUT2D eigenvalue weighted by Gasteiger charge is -2.37. The second-order valence-corrected chi connectivity index (χ2v) is 4.62. The summed E-state index contributed by atoms with van der Waals surface area (Å²) in [5.74, 6) is -0.614. The average molecular weight is 237 g/mol. The Morgan fingerprint density at radius 2 is 1.88 bits per heavy atom. The van der Waals surface area contributed by atoms with E-state index in [1.54, 1.807) is 0 Å². The highest BCUT2D eigenvalue weighted by atomic mass is 19.1. The predicted octanol–water partition coefficient (Wildman–Crippen LogP) is 1.99. The van der Waals surface area contributed by atoms with Crippen LogP contribution in [0.15, 0.2) is 24.3 Å². The SMILES string of the molecule is Fc1ccc(C2CC3(CCN2)OCCO3)cc1. The number of hydrogen-bond acceptors (Lipinski definition) is 3. The van der Waals surface area contributed by atoms with Gasteiger partial charge in [-0.05, 0) is 17.7 Å². The van der Waals surface area contributed by atoms with Crippen molar-refractivity contribution in [3.63, 3.8) is 0 Å². The quantitative estimate of drug-likeness (QED) is 0.810. The molecule has 1 atom stereocenters. The predicted molar refractivity (Wildman–Crippen MR) is 61.0 cm³/mol. The topological polar surface area (TPSA) is 30.5 Å². The molecule has 4 heteroatoms. The standard InChI is InChI=1S/C13H16FNO2/c14-11-3-1-10(2-4-11)12-9-13(5-6-15-12)16-7-8-17-13/h1-4,12,15H,5-9H2. The zero-order valence-corrected chi connectivity index (χ0v) is 9.62. The van der Waals surface area contributed by atoms with Gasteiger partial charge in [-0.25, -0.2) is 4.39 Å². The molecule has 1 spiro atoms. The Morgan fingerprint density at radius 3 is 2.59 bits per heavy atom. The minimum Gasteiger partial charge on any atom is -0.347 e. The maximum Gasteiger partial charge on any atom is 0.171 e. The molecule has 2 aliphatic heterocycles. The first-order valence-corrected chi connectivity index (χ1v) is 6.04. The Labute approximate surface area is 99.9 Å². The van der Waals surface area contributed by atoms with Crippen LogP contribution in [0.1, 0.15) is 24.4 Å². The Hall–Kier alpha value is -0.970. The number of nitrogens with one attached hydrogen (secondary N) is 1. The van der Waals surface area contributed by atoms with Gasteiger partial charge in [0.1, 0.15) is 5.82 Å². The van der Waals surface area contributed by atoms with Gasteiger partial charge in [-0.2, -0.15) is 0 Å². The van der Waals surface area contributed by atoms with Crippen molar-refractivity contribution in [3.8, 4) is 0 Å². The van der Waals surface area contributed by atoms with Crippen molar-refractivity contribution in [3.05, 3.63) is 35.6 Å². The number of rotatable bonds is 1. The van der Waals surface area contributed by atoms with Gasteiger partial charge >= 0.3 is 0 Å². The molecule has 0 aliphatic carbocycles. The van der Waals surface area contributed by atoms with Crippen molar-refractivity contribution in [2.75, 3.05) is 19.8 Å². The monoisotopic (exact) mass is 237 g/mol. The van der Waals surface area contributed by atoms with Crippen LogP contribution >= 0.6 is 0 Å². The van der Waals surface area contributed by atoms with E-state index in [4.69, 9.17) is 9.47 Å². The van der Waals surface area contributed by atoms with Crippen molar-refractivity contribution in [2.24, 2.45) is 0 Å². The molecular formula is C13H16FNO2. The molecule has 0 amide bonds. The Bertz CT molecular complexity index is 387. The minimum absolute atomic E-state index is 0.183. The van der Waals surface area contributed by atoms with Crippen LogP contribution in [0.25, 0.3) is 0 Å². The molecule has 3 nitrogen and oxygen atoms in total. The molecule has 1 unspecified atom stereocenters. The lowest BCUT2D eigenvalue weighted by molar-refractivity contribution is -0.180. The third-order valence-corrected chi connectivity index (χ3v) is 3.50. The van der Waals surface area contributed by atoms with Crippen molar-refractivity contribution >= 4 is 0 Å². The van der Waals surface area contributed by atoms with Crippen LogP contribution in [0.3, 0.4) is 0 Å². The number of ether oxygens (including phenoxy) is 2. The van der Waals surface area contributed by atoms with Gasteiger partial charge in [-0.3, -0.25) is 0 Å². The first-order valence-electron chi connectivity index (χ1n) is 6.04. The Morgan fingerprint density at radius 1 is 1.18 bits per heavy atom. The number of benzene rings is 1. The second kappa shape index (κ2) is 4.37. The highest BCUT2D eigenvalue weighted by molar-refractivity contribution is 5.21. The van der Waals surface area contributed by atoms with E-state index < -0.39 is 5.79 Å². The molecule has 1 aromatic carbocycles. The fourth-order valence-corrected chi connectivity index (χ4v) is 2.61. The number of hydrogen-bond donors (Lipinski definition) is 1. The zero-order valence-electron chi connectivity index (χ0n) is 9.62. The smallest absolute Gasteiger partial charge is 0.171 e. The van der Waals surface area contributed by atoms with Gasteiger partial charge in [-0.1, -0.05) is 12.1 Å². The fraction of sp³-hybridized carbons (Fsp3) is 0.538. The Balaban J connectivity index is 1.77. The van der Waals surface area contributed by atoms with E-state index in [0.29, 0.717) is 13.2 Å². The normalized spacial score (nSPS) is 27.5. The van der Waals surface area contributed by atoms with E-state index in [1.807, 2.05) is 12.1 Å². The molecule has 0 aromatic heterocycles. The fourth-order valence-electron chi connectivity index (χ4n) is 2.61. The van der Waals surface area contributed by atoms with Gasteiger partial charge in [0.2, 0.25) is 0 Å². The van der Waals surface area contributed by atoms with Gasteiger partial charge in [0.05, 0.1) is 13.2 Å². The number of piperidine rings is 1. The van der Waals surface area contributed by atoms with Gasteiger partial charge < -0.3 is 14.8 Å². The molecule has 2 aliphatic rings. The van der Waals surface area contributed by atoms with Crippen LogP contribution < -0.4 is 5.32 Å². The molecule has 0 radical (unpaired) electrons. The van der Waals surface area contributed by atoms with E-state index in [9.17, 15) is 4.39 Å². The summed E-state index contributed by atoms with van der Waals surface area (Å²) in [6, 6.07) is 6.81. The molecule has 3 rings (SSSR count). The third kappa shape index (κ3) is 2.20. The molecule has 2 heterocycles. The highest BCUT2D eigenvalue weighted by Crippen LogP contribution is 2.36. The third-order valence-electron chi connectivity index (χ3n) is 3.50. The molecule has 92 valence electrons. The molecular weight excluding hydrogens is 221 g/mol. The summed E-state index contributed by atoms with van der Waals surface area (Å²) >= 11 is 0.